The summed E-state index contributed by atoms with van der Waals surface area (Å²) in [5.74, 6) is 0.719. The van der Waals surface area contributed by atoms with E-state index >= 15 is 0 Å². The predicted octanol–water partition coefficient (Wildman–Crippen LogP) is 1.91. The van der Waals surface area contributed by atoms with Gasteiger partial charge in [0.15, 0.2) is 6.54 Å². The Labute approximate surface area is 168 Å². The van der Waals surface area contributed by atoms with Crippen LogP contribution in [0.15, 0.2) is 54.6 Å². The van der Waals surface area contributed by atoms with Crippen molar-refractivity contribution in [2.45, 2.75) is 39.3 Å². The molecule has 0 saturated carbocycles. The lowest BCUT2D eigenvalue weighted by molar-refractivity contribution is -0.893. The van der Waals surface area contributed by atoms with Gasteiger partial charge in [-0.15, -0.1) is 0 Å². The molecule has 5 nitrogen and oxygen atoms in total. The Bertz CT molecular complexity index is 724. The molecule has 28 heavy (non-hydrogen) atoms. The van der Waals surface area contributed by atoms with Crippen molar-refractivity contribution in [3.63, 3.8) is 0 Å². The van der Waals surface area contributed by atoms with Crippen LogP contribution in [0.4, 0.5) is 0 Å². The smallest absolute Gasteiger partial charge is 0.275 e. The molecule has 0 radical (unpaired) electrons. The molecule has 3 N–H and O–H groups in total. The maximum atomic E-state index is 12.1. The molecule has 0 aliphatic rings. The van der Waals surface area contributed by atoms with E-state index in [0.717, 1.165) is 28.3 Å². The van der Waals surface area contributed by atoms with E-state index < -0.39 is 6.10 Å². The van der Waals surface area contributed by atoms with Crippen molar-refractivity contribution < 1.29 is 19.5 Å². The van der Waals surface area contributed by atoms with Crippen molar-refractivity contribution >= 4 is 5.91 Å². The van der Waals surface area contributed by atoms with Crippen LogP contribution in [0, 0.1) is 0 Å². The summed E-state index contributed by atoms with van der Waals surface area (Å²) in [6, 6.07) is 18.0. The van der Waals surface area contributed by atoms with Crippen LogP contribution in [0.3, 0.4) is 0 Å². The third-order valence-corrected chi connectivity index (χ3v) is 4.35. The van der Waals surface area contributed by atoms with Crippen LogP contribution >= 0.6 is 0 Å². The summed E-state index contributed by atoms with van der Waals surface area (Å²) >= 11 is 0. The van der Waals surface area contributed by atoms with Gasteiger partial charge in [-0.3, -0.25) is 4.79 Å². The van der Waals surface area contributed by atoms with E-state index in [-0.39, 0.29) is 18.1 Å². The number of aliphatic hydroxyl groups is 1. The maximum Gasteiger partial charge on any atom is 0.275 e. The number of carbonyl (C=O) groups is 1. The van der Waals surface area contributed by atoms with Gasteiger partial charge in [0.1, 0.15) is 25.0 Å². The molecule has 152 valence electrons. The molecule has 0 aliphatic heterocycles. The van der Waals surface area contributed by atoms with Gasteiger partial charge in [-0.05, 0) is 51.0 Å². The molecule has 0 saturated heterocycles. The Balaban J connectivity index is 1.80. The van der Waals surface area contributed by atoms with Crippen molar-refractivity contribution in [3.05, 3.63) is 54.6 Å². The molecule has 2 aromatic carbocycles. The van der Waals surface area contributed by atoms with E-state index in [1.54, 1.807) is 0 Å². The molecule has 1 amide bonds. The van der Waals surface area contributed by atoms with Crippen LogP contribution in [0.25, 0.3) is 11.1 Å². The van der Waals surface area contributed by atoms with Gasteiger partial charge in [0.2, 0.25) is 0 Å². The van der Waals surface area contributed by atoms with Gasteiger partial charge in [0, 0.05) is 5.54 Å². The minimum Gasteiger partial charge on any atom is -0.491 e. The van der Waals surface area contributed by atoms with Gasteiger partial charge in [-0.2, -0.15) is 0 Å². The van der Waals surface area contributed by atoms with E-state index in [0.29, 0.717) is 13.1 Å². The fraction of sp³-hybridized carbons (Fsp3) is 0.435. The summed E-state index contributed by atoms with van der Waals surface area (Å²) in [6.45, 7) is 9.67. The van der Waals surface area contributed by atoms with Gasteiger partial charge < -0.3 is 20.1 Å². The Morgan fingerprint density at radius 1 is 1.07 bits per heavy atom. The lowest BCUT2D eigenvalue weighted by Crippen LogP contribution is -3.14. The number of aliphatic hydroxyl groups excluding tert-OH is 1. The van der Waals surface area contributed by atoms with Gasteiger partial charge in [0.25, 0.3) is 5.91 Å². The van der Waals surface area contributed by atoms with Crippen LogP contribution in [-0.4, -0.2) is 48.9 Å². The average molecular weight is 386 g/mol. The van der Waals surface area contributed by atoms with Crippen LogP contribution in [0.2, 0.25) is 0 Å². The third kappa shape index (κ3) is 7.71. The molecule has 2 atom stereocenters. The van der Waals surface area contributed by atoms with Crippen molar-refractivity contribution in [2.75, 3.05) is 26.2 Å². The highest BCUT2D eigenvalue weighted by Gasteiger charge is 2.20. The molecular weight excluding hydrogens is 352 g/mol. The lowest BCUT2D eigenvalue weighted by Gasteiger charge is -2.24. The minimum absolute atomic E-state index is 0.00558. The van der Waals surface area contributed by atoms with E-state index in [2.05, 4.69) is 17.4 Å². The van der Waals surface area contributed by atoms with Crippen LogP contribution in [-0.2, 0) is 4.79 Å². The number of amides is 1. The largest absolute Gasteiger partial charge is 0.491 e. The molecule has 0 bridgehead atoms. The predicted molar refractivity (Wildman–Crippen MR) is 113 cm³/mol. The number of rotatable bonds is 9. The number of hydrogen-bond donors (Lipinski definition) is 3. The summed E-state index contributed by atoms with van der Waals surface area (Å²) < 4.78 is 5.73. The molecule has 0 heterocycles. The first-order valence-electron chi connectivity index (χ1n) is 9.87. The summed E-state index contributed by atoms with van der Waals surface area (Å²) in [5.41, 5.74) is 2.04. The number of likely N-dealkylation sites (N-methyl/N-ethyl adjacent to an activating group) is 1. The average Bonchev–Trinajstić information content (AvgIpc) is 2.65. The van der Waals surface area contributed by atoms with Gasteiger partial charge >= 0.3 is 0 Å². The zero-order valence-electron chi connectivity index (χ0n) is 17.4. The molecule has 2 rings (SSSR count). The van der Waals surface area contributed by atoms with Crippen LogP contribution in [0.5, 0.6) is 5.75 Å². The number of quaternary nitrogens is 1. The highest BCUT2D eigenvalue weighted by Crippen LogP contribution is 2.22. The molecule has 0 spiro atoms. The molecular formula is C23H33N2O3+. The topological polar surface area (TPSA) is 63.0 Å². The Morgan fingerprint density at radius 3 is 2.25 bits per heavy atom. The summed E-state index contributed by atoms with van der Waals surface area (Å²) in [5, 5.41) is 13.3. The van der Waals surface area contributed by atoms with Crippen LogP contribution in [0.1, 0.15) is 27.7 Å². The Kier molecular flexibility index (Phi) is 8.03. The Hall–Kier alpha value is -2.37. The van der Waals surface area contributed by atoms with Crippen LogP contribution < -0.4 is 15.0 Å². The number of ether oxygens (including phenoxy) is 1. The monoisotopic (exact) mass is 385 g/mol. The second kappa shape index (κ2) is 10.2. The van der Waals surface area contributed by atoms with E-state index in [9.17, 15) is 9.90 Å². The number of benzene rings is 2. The van der Waals surface area contributed by atoms with Crippen molar-refractivity contribution in [2.24, 2.45) is 0 Å². The second-order valence-corrected chi connectivity index (χ2v) is 8.14. The zero-order chi connectivity index (χ0) is 20.6. The number of nitrogens with one attached hydrogen (secondary N) is 2. The summed E-state index contributed by atoms with van der Waals surface area (Å²) in [6.07, 6.45) is -0.633. The van der Waals surface area contributed by atoms with Gasteiger partial charge in [-0.1, -0.05) is 42.5 Å². The molecule has 5 heteroatoms. The first kappa shape index (κ1) is 21.9. The van der Waals surface area contributed by atoms with E-state index in [1.807, 2.05) is 70.2 Å². The Morgan fingerprint density at radius 2 is 1.68 bits per heavy atom. The van der Waals surface area contributed by atoms with Crippen molar-refractivity contribution in [3.8, 4) is 16.9 Å². The highest BCUT2D eigenvalue weighted by molar-refractivity contribution is 5.77. The SMILES string of the molecule is CC[NH+](CC(=O)NC(C)(C)C)C[C@@H](O)COc1ccc(-c2ccccc2)cc1. The second-order valence-electron chi connectivity index (χ2n) is 8.14. The standard InChI is InChI=1S/C23H32N2O3/c1-5-25(16-22(27)24-23(2,3)4)15-20(26)17-28-21-13-11-19(12-14-21)18-9-7-6-8-10-18/h6-14,20,26H,5,15-17H2,1-4H3,(H,24,27)/p+1/t20-/m1/s1. The fourth-order valence-corrected chi connectivity index (χ4v) is 2.99. The highest BCUT2D eigenvalue weighted by atomic mass is 16.5. The molecule has 1 unspecified atom stereocenters. The summed E-state index contributed by atoms with van der Waals surface area (Å²) in [7, 11) is 0. The quantitative estimate of drug-likeness (QED) is 0.618. The first-order valence-corrected chi connectivity index (χ1v) is 9.87. The maximum absolute atomic E-state index is 12.1. The minimum atomic E-state index is -0.633. The molecule has 0 fully saturated rings. The van der Waals surface area contributed by atoms with Gasteiger partial charge in [0.05, 0.1) is 6.54 Å². The van der Waals surface area contributed by atoms with Crippen molar-refractivity contribution in [1.82, 2.24) is 5.32 Å². The van der Waals surface area contributed by atoms with E-state index in [4.69, 9.17) is 4.74 Å². The fourth-order valence-electron chi connectivity index (χ4n) is 2.99. The van der Waals surface area contributed by atoms with E-state index in [1.165, 1.54) is 0 Å². The molecule has 0 aromatic heterocycles. The summed E-state index contributed by atoms with van der Waals surface area (Å²) in [4.78, 5) is 13.1. The number of hydrogen-bond acceptors (Lipinski definition) is 3. The van der Waals surface area contributed by atoms with Crippen molar-refractivity contribution in [1.29, 1.82) is 0 Å². The molecule has 2 aromatic rings. The molecule has 0 aliphatic carbocycles. The first-order chi connectivity index (χ1) is 13.3. The third-order valence-electron chi connectivity index (χ3n) is 4.35. The normalized spacial score (nSPS) is 13.6. The lowest BCUT2D eigenvalue weighted by atomic mass is 10.1. The van der Waals surface area contributed by atoms with Gasteiger partial charge in [-0.25, -0.2) is 0 Å². The zero-order valence-corrected chi connectivity index (χ0v) is 17.4. The number of carbonyl (C=O) groups excluding carboxylic acids is 1.